The molecule has 0 aliphatic carbocycles. The summed E-state index contributed by atoms with van der Waals surface area (Å²) in [4.78, 5) is 8.74. The second-order valence-corrected chi connectivity index (χ2v) is 5.17. The monoisotopic (exact) mass is 265 g/mol. The molecule has 1 heterocycles. The van der Waals surface area contributed by atoms with Gasteiger partial charge in [-0.3, -0.25) is 0 Å². The van der Waals surface area contributed by atoms with Gasteiger partial charge in [0.2, 0.25) is 0 Å². The van der Waals surface area contributed by atoms with Gasteiger partial charge in [-0.2, -0.15) is 5.26 Å². The molecule has 0 fully saturated rings. The third kappa shape index (κ3) is 3.03. The van der Waals surface area contributed by atoms with E-state index in [0.29, 0.717) is 11.7 Å². The Labute approximate surface area is 120 Å². The smallest absolute Gasteiger partial charge is 0.146 e. The van der Waals surface area contributed by atoms with Gasteiger partial charge in [-0.1, -0.05) is 45.0 Å². The Morgan fingerprint density at radius 3 is 2.40 bits per heavy atom. The summed E-state index contributed by atoms with van der Waals surface area (Å²) in [6.45, 7) is 6.33. The van der Waals surface area contributed by atoms with E-state index in [-0.39, 0.29) is 5.92 Å². The van der Waals surface area contributed by atoms with Crippen LogP contribution in [-0.4, -0.2) is 9.97 Å². The fourth-order valence-corrected chi connectivity index (χ4v) is 2.07. The lowest BCUT2D eigenvalue weighted by molar-refractivity contribution is 0.752. The summed E-state index contributed by atoms with van der Waals surface area (Å²) >= 11 is 0. The minimum absolute atomic E-state index is 0.232. The quantitative estimate of drug-likeness (QED) is 0.828. The largest absolute Gasteiger partial charge is 0.240 e. The van der Waals surface area contributed by atoms with Crippen molar-refractivity contribution in [1.29, 1.82) is 5.26 Å². The van der Waals surface area contributed by atoms with Gasteiger partial charge in [0.05, 0.1) is 11.8 Å². The number of benzene rings is 1. The second-order valence-electron chi connectivity index (χ2n) is 5.17. The molecule has 2 aromatic rings. The molecule has 0 bridgehead atoms. The first-order valence-corrected chi connectivity index (χ1v) is 6.98. The van der Waals surface area contributed by atoms with Crippen LogP contribution < -0.4 is 0 Å². The van der Waals surface area contributed by atoms with Crippen molar-refractivity contribution in [3.8, 4) is 17.3 Å². The van der Waals surface area contributed by atoms with Crippen LogP contribution in [0.2, 0.25) is 0 Å². The molecule has 0 saturated heterocycles. The Bertz CT molecular complexity index is 609. The van der Waals surface area contributed by atoms with Gasteiger partial charge in [-0.25, -0.2) is 9.97 Å². The second kappa shape index (κ2) is 6.29. The van der Waals surface area contributed by atoms with E-state index in [1.54, 1.807) is 6.20 Å². The number of hydrogen-bond donors (Lipinski definition) is 0. The third-order valence-electron chi connectivity index (χ3n) is 3.42. The first-order chi connectivity index (χ1) is 9.65. The average molecular weight is 265 g/mol. The maximum atomic E-state index is 9.11. The van der Waals surface area contributed by atoms with Crippen molar-refractivity contribution < 1.29 is 0 Å². The van der Waals surface area contributed by atoms with Crippen molar-refractivity contribution in [1.82, 2.24) is 9.97 Å². The van der Waals surface area contributed by atoms with Crippen LogP contribution in [0, 0.1) is 11.3 Å². The standard InChI is InChI=1S/C17H19N3/c1-4-13(11-18)17-19-10-9-16(20-17)15-7-5-14(6-8-15)12(2)3/h5-10,12-13H,4H2,1-3H3. The fraction of sp³-hybridized carbons (Fsp3) is 0.353. The van der Waals surface area contributed by atoms with Gasteiger partial charge in [0.1, 0.15) is 11.7 Å². The molecule has 3 heteroatoms. The highest BCUT2D eigenvalue weighted by molar-refractivity contribution is 5.59. The van der Waals surface area contributed by atoms with E-state index in [9.17, 15) is 0 Å². The lowest BCUT2D eigenvalue weighted by atomic mass is 10.0. The van der Waals surface area contributed by atoms with Crippen molar-refractivity contribution in [2.75, 3.05) is 0 Å². The highest BCUT2D eigenvalue weighted by Gasteiger charge is 2.12. The maximum absolute atomic E-state index is 9.11. The third-order valence-corrected chi connectivity index (χ3v) is 3.42. The minimum atomic E-state index is -0.232. The topological polar surface area (TPSA) is 49.6 Å². The van der Waals surface area contributed by atoms with Crippen LogP contribution in [0.3, 0.4) is 0 Å². The first kappa shape index (κ1) is 14.2. The van der Waals surface area contributed by atoms with E-state index in [1.165, 1.54) is 5.56 Å². The predicted octanol–water partition coefficient (Wildman–Crippen LogP) is 4.28. The molecular formula is C17H19N3. The average Bonchev–Trinajstić information content (AvgIpc) is 2.49. The summed E-state index contributed by atoms with van der Waals surface area (Å²) in [6, 6.07) is 12.5. The van der Waals surface area contributed by atoms with E-state index in [0.717, 1.165) is 17.7 Å². The van der Waals surface area contributed by atoms with Gasteiger partial charge in [0.15, 0.2) is 0 Å². The number of hydrogen-bond acceptors (Lipinski definition) is 3. The molecule has 0 spiro atoms. The van der Waals surface area contributed by atoms with Gasteiger partial charge < -0.3 is 0 Å². The van der Waals surface area contributed by atoms with Crippen molar-refractivity contribution in [2.24, 2.45) is 0 Å². The molecule has 0 amide bonds. The van der Waals surface area contributed by atoms with Crippen molar-refractivity contribution in [2.45, 2.75) is 39.0 Å². The Hall–Kier alpha value is -2.21. The van der Waals surface area contributed by atoms with Crippen LogP contribution in [-0.2, 0) is 0 Å². The highest BCUT2D eigenvalue weighted by Crippen LogP contribution is 2.22. The van der Waals surface area contributed by atoms with Gasteiger partial charge in [-0.05, 0) is 24.0 Å². The van der Waals surface area contributed by atoms with E-state index in [1.807, 2.05) is 13.0 Å². The zero-order valence-electron chi connectivity index (χ0n) is 12.2. The number of nitrogens with zero attached hydrogens (tertiary/aromatic N) is 3. The molecule has 0 radical (unpaired) electrons. The molecule has 0 aliphatic rings. The number of nitriles is 1. The van der Waals surface area contributed by atoms with Crippen LogP contribution in [0.5, 0.6) is 0 Å². The Morgan fingerprint density at radius 2 is 1.85 bits per heavy atom. The van der Waals surface area contributed by atoms with Crippen LogP contribution in [0.1, 0.15) is 50.4 Å². The number of aromatic nitrogens is 2. The summed E-state index contributed by atoms with van der Waals surface area (Å²) in [5.74, 6) is 0.901. The Balaban J connectivity index is 2.33. The maximum Gasteiger partial charge on any atom is 0.146 e. The molecule has 1 atom stereocenters. The van der Waals surface area contributed by atoms with Crippen molar-refractivity contribution >= 4 is 0 Å². The van der Waals surface area contributed by atoms with Crippen molar-refractivity contribution in [3.63, 3.8) is 0 Å². The van der Waals surface area contributed by atoms with E-state index >= 15 is 0 Å². The zero-order valence-corrected chi connectivity index (χ0v) is 12.2. The Morgan fingerprint density at radius 1 is 1.15 bits per heavy atom. The lowest BCUT2D eigenvalue weighted by Gasteiger charge is -2.09. The molecule has 102 valence electrons. The van der Waals surface area contributed by atoms with Gasteiger partial charge >= 0.3 is 0 Å². The van der Waals surface area contributed by atoms with Crippen LogP contribution in [0.25, 0.3) is 11.3 Å². The molecule has 0 N–H and O–H groups in total. The van der Waals surface area contributed by atoms with Crippen LogP contribution >= 0.6 is 0 Å². The summed E-state index contributed by atoms with van der Waals surface area (Å²) in [5, 5.41) is 9.11. The normalized spacial score (nSPS) is 12.2. The Kier molecular flexibility index (Phi) is 4.47. The van der Waals surface area contributed by atoms with Gasteiger partial charge in [-0.15, -0.1) is 0 Å². The molecule has 1 aromatic carbocycles. The van der Waals surface area contributed by atoms with Gasteiger partial charge in [0, 0.05) is 11.8 Å². The summed E-state index contributed by atoms with van der Waals surface area (Å²) < 4.78 is 0. The molecule has 1 aromatic heterocycles. The molecule has 3 nitrogen and oxygen atoms in total. The predicted molar refractivity (Wildman–Crippen MR) is 80.2 cm³/mol. The van der Waals surface area contributed by atoms with E-state index in [2.05, 4.69) is 54.2 Å². The zero-order chi connectivity index (χ0) is 14.5. The van der Waals surface area contributed by atoms with Crippen LogP contribution in [0.4, 0.5) is 0 Å². The highest BCUT2D eigenvalue weighted by atomic mass is 14.9. The minimum Gasteiger partial charge on any atom is -0.240 e. The van der Waals surface area contributed by atoms with Crippen LogP contribution in [0.15, 0.2) is 36.5 Å². The van der Waals surface area contributed by atoms with Crippen molar-refractivity contribution in [3.05, 3.63) is 47.9 Å². The molecule has 2 rings (SSSR count). The molecule has 1 unspecified atom stereocenters. The lowest BCUT2D eigenvalue weighted by Crippen LogP contribution is -2.02. The SMILES string of the molecule is CCC(C#N)c1nccc(-c2ccc(C(C)C)cc2)n1. The number of rotatable bonds is 4. The summed E-state index contributed by atoms with van der Waals surface area (Å²) in [7, 11) is 0. The van der Waals surface area contributed by atoms with E-state index in [4.69, 9.17) is 5.26 Å². The van der Waals surface area contributed by atoms with Gasteiger partial charge in [0.25, 0.3) is 0 Å². The first-order valence-electron chi connectivity index (χ1n) is 6.98. The fourth-order valence-electron chi connectivity index (χ4n) is 2.07. The summed E-state index contributed by atoms with van der Waals surface area (Å²) in [5.41, 5.74) is 3.25. The molecule has 0 saturated carbocycles. The summed E-state index contributed by atoms with van der Waals surface area (Å²) in [6.07, 6.45) is 2.46. The molecule has 0 aliphatic heterocycles. The molecule has 20 heavy (non-hydrogen) atoms. The van der Waals surface area contributed by atoms with E-state index < -0.39 is 0 Å². The molecular weight excluding hydrogens is 246 g/mol.